The smallest absolute Gasteiger partial charge is 0.173 e. The standard InChI is InChI=1S/C16H13ClO3S/c17-12-3-1-2-4-16(12)21-10-13(18)11-5-6-14-15(9-11)20-8-7-19-14/h1-6,9H,7-8,10H2. The summed E-state index contributed by atoms with van der Waals surface area (Å²) in [5.41, 5.74) is 0.624. The zero-order valence-corrected chi connectivity index (χ0v) is 12.7. The van der Waals surface area contributed by atoms with Gasteiger partial charge in [0.05, 0.1) is 10.8 Å². The highest BCUT2D eigenvalue weighted by molar-refractivity contribution is 8.00. The van der Waals surface area contributed by atoms with Gasteiger partial charge < -0.3 is 9.47 Å². The Labute approximate surface area is 132 Å². The molecule has 0 bridgehead atoms. The molecule has 108 valence electrons. The van der Waals surface area contributed by atoms with E-state index in [4.69, 9.17) is 21.1 Å². The van der Waals surface area contributed by atoms with Crippen molar-refractivity contribution in [2.75, 3.05) is 19.0 Å². The third-order valence-electron chi connectivity index (χ3n) is 3.06. The molecular formula is C16H13ClO3S. The van der Waals surface area contributed by atoms with E-state index < -0.39 is 0 Å². The van der Waals surface area contributed by atoms with Crippen LogP contribution in [0.1, 0.15) is 10.4 Å². The maximum Gasteiger partial charge on any atom is 0.173 e. The van der Waals surface area contributed by atoms with Gasteiger partial charge in [-0.15, -0.1) is 11.8 Å². The van der Waals surface area contributed by atoms with Crippen molar-refractivity contribution >= 4 is 29.1 Å². The van der Waals surface area contributed by atoms with Gasteiger partial charge in [-0.3, -0.25) is 4.79 Å². The third kappa shape index (κ3) is 3.34. The largest absolute Gasteiger partial charge is 0.486 e. The fraction of sp³-hybridized carbons (Fsp3) is 0.188. The van der Waals surface area contributed by atoms with Gasteiger partial charge in [0.25, 0.3) is 0 Å². The Morgan fingerprint density at radius 1 is 1.10 bits per heavy atom. The molecule has 0 aliphatic carbocycles. The lowest BCUT2D eigenvalue weighted by atomic mass is 10.1. The molecule has 1 heterocycles. The van der Waals surface area contributed by atoms with Crippen LogP contribution < -0.4 is 9.47 Å². The maximum absolute atomic E-state index is 12.3. The molecule has 0 spiro atoms. The number of carbonyl (C=O) groups excluding carboxylic acids is 1. The Morgan fingerprint density at radius 2 is 1.86 bits per heavy atom. The molecule has 21 heavy (non-hydrogen) atoms. The minimum Gasteiger partial charge on any atom is -0.486 e. The molecule has 0 saturated heterocycles. The predicted octanol–water partition coefficient (Wildman–Crippen LogP) is 4.09. The monoisotopic (exact) mass is 320 g/mol. The van der Waals surface area contributed by atoms with Crippen LogP contribution in [-0.2, 0) is 0 Å². The van der Waals surface area contributed by atoms with Crippen LogP contribution in [0.5, 0.6) is 11.5 Å². The second-order valence-corrected chi connectivity index (χ2v) is 5.93. The van der Waals surface area contributed by atoms with E-state index in [9.17, 15) is 4.79 Å². The van der Waals surface area contributed by atoms with E-state index in [1.54, 1.807) is 18.2 Å². The van der Waals surface area contributed by atoms with Gasteiger partial charge in [-0.2, -0.15) is 0 Å². The second-order valence-electron chi connectivity index (χ2n) is 4.50. The van der Waals surface area contributed by atoms with Gasteiger partial charge in [0.2, 0.25) is 0 Å². The molecule has 2 aromatic carbocycles. The fourth-order valence-corrected chi connectivity index (χ4v) is 3.14. The molecule has 0 N–H and O–H groups in total. The van der Waals surface area contributed by atoms with Crippen molar-refractivity contribution in [2.45, 2.75) is 4.90 Å². The molecule has 2 aromatic rings. The van der Waals surface area contributed by atoms with Crippen molar-refractivity contribution in [3.05, 3.63) is 53.1 Å². The summed E-state index contributed by atoms with van der Waals surface area (Å²) in [6.07, 6.45) is 0. The highest BCUT2D eigenvalue weighted by atomic mass is 35.5. The maximum atomic E-state index is 12.3. The topological polar surface area (TPSA) is 35.5 Å². The summed E-state index contributed by atoms with van der Waals surface area (Å²) in [6.45, 7) is 1.06. The Kier molecular flexibility index (Phi) is 4.36. The average molecular weight is 321 g/mol. The minimum atomic E-state index is 0.0388. The first-order valence-corrected chi connectivity index (χ1v) is 7.90. The van der Waals surface area contributed by atoms with Gasteiger partial charge in [0.1, 0.15) is 13.2 Å². The Bertz CT molecular complexity index is 672. The van der Waals surface area contributed by atoms with Crippen LogP contribution in [0.25, 0.3) is 0 Å². The molecule has 0 atom stereocenters. The SMILES string of the molecule is O=C(CSc1ccccc1Cl)c1ccc2c(c1)OCCO2. The number of hydrogen-bond donors (Lipinski definition) is 0. The van der Waals surface area contributed by atoms with E-state index in [0.717, 1.165) is 4.90 Å². The zero-order valence-electron chi connectivity index (χ0n) is 11.2. The van der Waals surface area contributed by atoms with E-state index in [1.165, 1.54) is 11.8 Å². The van der Waals surface area contributed by atoms with Crippen LogP contribution in [0.15, 0.2) is 47.4 Å². The van der Waals surface area contributed by atoms with Gasteiger partial charge in [-0.1, -0.05) is 23.7 Å². The molecule has 0 saturated carbocycles. The molecule has 0 unspecified atom stereocenters. The fourth-order valence-electron chi connectivity index (χ4n) is 2.01. The van der Waals surface area contributed by atoms with Crippen LogP contribution in [-0.4, -0.2) is 24.7 Å². The first-order valence-electron chi connectivity index (χ1n) is 6.54. The van der Waals surface area contributed by atoms with Crippen LogP contribution >= 0.6 is 23.4 Å². The van der Waals surface area contributed by atoms with Crippen molar-refractivity contribution in [1.29, 1.82) is 0 Å². The summed E-state index contributed by atoms with van der Waals surface area (Å²) in [4.78, 5) is 13.2. The Morgan fingerprint density at radius 3 is 2.67 bits per heavy atom. The van der Waals surface area contributed by atoms with E-state index in [1.807, 2.05) is 24.3 Å². The quantitative estimate of drug-likeness (QED) is 0.628. The zero-order chi connectivity index (χ0) is 14.7. The number of thioether (sulfide) groups is 1. The first-order chi connectivity index (χ1) is 10.2. The molecule has 0 fully saturated rings. The molecule has 0 aromatic heterocycles. The normalized spacial score (nSPS) is 13.0. The third-order valence-corrected chi connectivity index (χ3v) is 4.57. The van der Waals surface area contributed by atoms with Gasteiger partial charge in [-0.05, 0) is 30.3 Å². The second kappa shape index (κ2) is 6.41. The summed E-state index contributed by atoms with van der Waals surface area (Å²) < 4.78 is 10.9. The van der Waals surface area contributed by atoms with Crippen molar-refractivity contribution in [3.8, 4) is 11.5 Å². The summed E-state index contributed by atoms with van der Waals surface area (Å²) in [6, 6.07) is 12.8. The summed E-state index contributed by atoms with van der Waals surface area (Å²) in [7, 11) is 0. The lowest BCUT2D eigenvalue weighted by Crippen LogP contribution is -2.16. The predicted molar refractivity (Wildman–Crippen MR) is 83.9 cm³/mol. The van der Waals surface area contributed by atoms with E-state index >= 15 is 0 Å². The van der Waals surface area contributed by atoms with Crippen LogP contribution in [0.4, 0.5) is 0 Å². The summed E-state index contributed by atoms with van der Waals surface area (Å²) in [5, 5.41) is 0.664. The first kappa shape index (κ1) is 14.3. The number of rotatable bonds is 4. The molecular weight excluding hydrogens is 308 g/mol. The van der Waals surface area contributed by atoms with E-state index in [0.29, 0.717) is 41.1 Å². The molecule has 1 aliphatic heterocycles. The summed E-state index contributed by atoms with van der Waals surface area (Å²) in [5.74, 6) is 1.70. The van der Waals surface area contributed by atoms with Crippen molar-refractivity contribution in [1.82, 2.24) is 0 Å². The Hall–Kier alpha value is -1.65. The van der Waals surface area contributed by atoms with E-state index in [2.05, 4.69) is 0 Å². The van der Waals surface area contributed by atoms with Crippen LogP contribution in [0.3, 0.4) is 0 Å². The van der Waals surface area contributed by atoms with Gasteiger partial charge in [0, 0.05) is 10.5 Å². The lowest BCUT2D eigenvalue weighted by Gasteiger charge is -2.18. The molecule has 0 radical (unpaired) electrons. The number of hydrogen-bond acceptors (Lipinski definition) is 4. The number of ether oxygens (including phenoxy) is 2. The van der Waals surface area contributed by atoms with Crippen molar-refractivity contribution in [2.24, 2.45) is 0 Å². The van der Waals surface area contributed by atoms with Crippen molar-refractivity contribution in [3.63, 3.8) is 0 Å². The lowest BCUT2D eigenvalue weighted by molar-refractivity contribution is 0.102. The molecule has 3 nitrogen and oxygen atoms in total. The highest BCUT2D eigenvalue weighted by Gasteiger charge is 2.15. The Balaban J connectivity index is 1.69. The van der Waals surface area contributed by atoms with Crippen LogP contribution in [0.2, 0.25) is 5.02 Å². The number of halogens is 1. The summed E-state index contributed by atoms with van der Waals surface area (Å²) >= 11 is 7.51. The number of benzene rings is 2. The number of fused-ring (bicyclic) bond motifs is 1. The van der Waals surface area contributed by atoms with Crippen molar-refractivity contribution < 1.29 is 14.3 Å². The highest BCUT2D eigenvalue weighted by Crippen LogP contribution is 2.32. The van der Waals surface area contributed by atoms with E-state index in [-0.39, 0.29) is 5.78 Å². The number of carbonyl (C=O) groups is 1. The molecule has 1 aliphatic rings. The molecule has 0 amide bonds. The van der Waals surface area contributed by atoms with Crippen LogP contribution in [0, 0.1) is 0 Å². The average Bonchev–Trinajstić information content (AvgIpc) is 2.53. The molecule has 5 heteroatoms. The minimum absolute atomic E-state index is 0.0388. The number of ketones is 1. The molecule has 3 rings (SSSR count). The number of Topliss-reactive ketones (excluding diaryl/α,β-unsaturated/α-hetero) is 1. The van der Waals surface area contributed by atoms with Gasteiger partial charge >= 0.3 is 0 Å². The van der Waals surface area contributed by atoms with Gasteiger partial charge in [-0.25, -0.2) is 0 Å². The van der Waals surface area contributed by atoms with Gasteiger partial charge in [0.15, 0.2) is 17.3 Å².